The summed E-state index contributed by atoms with van der Waals surface area (Å²) in [5, 5.41) is 2.91. The fourth-order valence-corrected chi connectivity index (χ4v) is 2.09. The van der Waals surface area contributed by atoms with Gasteiger partial charge in [-0.1, -0.05) is 43.7 Å². The van der Waals surface area contributed by atoms with Crippen LogP contribution < -0.4 is 11.1 Å². The minimum Gasteiger partial charge on any atom is -0.354 e. The maximum absolute atomic E-state index is 12.0. The Balaban J connectivity index is 0. The van der Waals surface area contributed by atoms with Gasteiger partial charge in [0.05, 0.1) is 0 Å². The van der Waals surface area contributed by atoms with E-state index in [1.807, 2.05) is 31.2 Å². The Morgan fingerprint density at radius 3 is 2.23 bits per heavy atom. The molecule has 1 unspecified atom stereocenters. The summed E-state index contributed by atoms with van der Waals surface area (Å²) in [5.74, 6) is -0.103. The van der Waals surface area contributed by atoms with E-state index < -0.39 is 6.04 Å². The number of rotatable bonds is 8. The second kappa shape index (κ2) is 12.7. The molecule has 0 spiro atoms. The number of carbonyl (C=O) groups excluding carboxylic acids is 1. The number of aryl methyl sites for hydroxylation is 1. The fourth-order valence-electron chi connectivity index (χ4n) is 2.09. The van der Waals surface area contributed by atoms with Gasteiger partial charge in [-0.05, 0) is 38.5 Å². The van der Waals surface area contributed by atoms with Crippen molar-refractivity contribution < 1.29 is 4.79 Å². The van der Waals surface area contributed by atoms with Crippen molar-refractivity contribution in [3.05, 3.63) is 35.4 Å². The van der Waals surface area contributed by atoms with E-state index in [-0.39, 0.29) is 30.7 Å². The van der Waals surface area contributed by atoms with E-state index in [1.54, 1.807) is 0 Å². The van der Waals surface area contributed by atoms with Gasteiger partial charge in [-0.3, -0.25) is 4.79 Å². The number of nitrogens with one attached hydrogen (secondary N) is 1. The van der Waals surface area contributed by atoms with Crippen LogP contribution in [0.25, 0.3) is 0 Å². The van der Waals surface area contributed by atoms with Crippen LogP contribution in [0.15, 0.2) is 24.3 Å². The van der Waals surface area contributed by atoms with Crippen molar-refractivity contribution in [3.63, 3.8) is 0 Å². The monoisotopic (exact) mass is 349 g/mol. The molecular weight excluding hydrogens is 321 g/mol. The van der Waals surface area contributed by atoms with Crippen molar-refractivity contribution in [2.24, 2.45) is 5.73 Å². The van der Waals surface area contributed by atoms with E-state index in [9.17, 15) is 4.79 Å². The molecule has 1 amide bonds. The lowest BCUT2D eigenvalue weighted by Crippen LogP contribution is -2.36. The van der Waals surface area contributed by atoms with Gasteiger partial charge < -0.3 is 16.0 Å². The van der Waals surface area contributed by atoms with E-state index in [0.29, 0.717) is 6.54 Å². The molecule has 0 bridgehead atoms. The molecule has 1 rings (SSSR count). The molecule has 6 heteroatoms. The van der Waals surface area contributed by atoms with Crippen LogP contribution in [0.4, 0.5) is 0 Å². The van der Waals surface area contributed by atoms with Crippen molar-refractivity contribution in [2.45, 2.75) is 33.2 Å². The number of amides is 1. The van der Waals surface area contributed by atoms with Gasteiger partial charge in [-0.25, -0.2) is 0 Å². The molecule has 0 radical (unpaired) electrons. The SMILES string of the molecule is CCN(CC)CCCNC(=O)C(N)c1ccc(C)cc1.Cl.Cl. The predicted molar refractivity (Wildman–Crippen MR) is 98.0 cm³/mol. The second-order valence-corrected chi connectivity index (χ2v) is 5.06. The zero-order valence-electron chi connectivity index (χ0n) is 13.7. The summed E-state index contributed by atoms with van der Waals surface area (Å²) >= 11 is 0. The van der Waals surface area contributed by atoms with Gasteiger partial charge in [-0.15, -0.1) is 24.8 Å². The van der Waals surface area contributed by atoms with Crippen LogP contribution in [0.2, 0.25) is 0 Å². The minimum absolute atomic E-state index is 0. The average molecular weight is 350 g/mol. The molecule has 0 aliphatic carbocycles. The molecule has 0 aliphatic rings. The first kappa shape index (κ1) is 23.5. The maximum Gasteiger partial charge on any atom is 0.241 e. The number of benzene rings is 1. The van der Waals surface area contributed by atoms with Crippen LogP contribution >= 0.6 is 24.8 Å². The summed E-state index contributed by atoms with van der Waals surface area (Å²) in [6.45, 7) is 10.1. The third-order valence-corrected chi connectivity index (χ3v) is 3.56. The fraction of sp³-hybridized carbons (Fsp3) is 0.562. The Bertz CT molecular complexity index is 408. The van der Waals surface area contributed by atoms with E-state index in [1.165, 1.54) is 5.56 Å². The van der Waals surface area contributed by atoms with Crippen molar-refractivity contribution >= 4 is 30.7 Å². The van der Waals surface area contributed by atoms with Crippen LogP contribution in [0.1, 0.15) is 37.4 Å². The highest BCUT2D eigenvalue weighted by molar-refractivity contribution is 5.85. The van der Waals surface area contributed by atoms with Crippen LogP contribution in [-0.2, 0) is 4.79 Å². The first-order valence-corrected chi connectivity index (χ1v) is 7.40. The molecule has 0 aromatic heterocycles. The van der Waals surface area contributed by atoms with Crippen molar-refractivity contribution in [2.75, 3.05) is 26.2 Å². The van der Waals surface area contributed by atoms with Gasteiger partial charge in [0, 0.05) is 6.54 Å². The van der Waals surface area contributed by atoms with Gasteiger partial charge in [0.1, 0.15) is 6.04 Å². The molecule has 4 nitrogen and oxygen atoms in total. The zero-order chi connectivity index (χ0) is 15.0. The molecule has 1 aromatic carbocycles. The minimum atomic E-state index is -0.580. The molecule has 128 valence electrons. The standard InChI is InChI=1S/C16H27N3O.2ClH/c1-4-19(5-2)12-6-11-18-16(20)15(17)14-9-7-13(3)8-10-14;;/h7-10,15H,4-6,11-12,17H2,1-3H3,(H,18,20);2*1H. The molecule has 0 heterocycles. The number of hydrogen-bond donors (Lipinski definition) is 2. The number of hydrogen-bond acceptors (Lipinski definition) is 3. The van der Waals surface area contributed by atoms with Crippen LogP contribution in [0, 0.1) is 6.92 Å². The lowest BCUT2D eigenvalue weighted by molar-refractivity contribution is -0.122. The molecule has 0 saturated heterocycles. The Morgan fingerprint density at radius 2 is 1.73 bits per heavy atom. The van der Waals surface area contributed by atoms with Crippen molar-refractivity contribution in [3.8, 4) is 0 Å². The molecule has 3 N–H and O–H groups in total. The Kier molecular flexibility index (Phi) is 13.5. The third-order valence-electron chi connectivity index (χ3n) is 3.56. The average Bonchev–Trinajstić information content (AvgIpc) is 2.47. The highest BCUT2D eigenvalue weighted by Gasteiger charge is 2.14. The van der Waals surface area contributed by atoms with E-state index in [2.05, 4.69) is 24.1 Å². The summed E-state index contributed by atoms with van der Waals surface area (Å²) < 4.78 is 0. The molecule has 0 fully saturated rings. The summed E-state index contributed by atoms with van der Waals surface area (Å²) in [6.07, 6.45) is 0.952. The second-order valence-electron chi connectivity index (χ2n) is 5.06. The Morgan fingerprint density at radius 1 is 1.18 bits per heavy atom. The van der Waals surface area contributed by atoms with Gasteiger partial charge in [0.25, 0.3) is 0 Å². The smallest absolute Gasteiger partial charge is 0.241 e. The van der Waals surface area contributed by atoms with Crippen LogP contribution in [0.3, 0.4) is 0 Å². The van der Waals surface area contributed by atoms with E-state index >= 15 is 0 Å². The highest BCUT2D eigenvalue weighted by Crippen LogP contribution is 2.11. The quantitative estimate of drug-likeness (QED) is 0.709. The summed E-state index contributed by atoms with van der Waals surface area (Å²) in [4.78, 5) is 14.3. The van der Waals surface area contributed by atoms with Gasteiger partial charge >= 0.3 is 0 Å². The van der Waals surface area contributed by atoms with Gasteiger partial charge in [0.2, 0.25) is 5.91 Å². The normalized spacial score (nSPS) is 11.3. The van der Waals surface area contributed by atoms with E-state index in [0.717, 1.165) is 31.6 Å². The van der Waals surface area contributed by atoms with Gasteiger partial charge in [-0.2, -0.15) is 0 Å². The maximum atomic E-state index is 12.0. The third kappa shape index (κ3) is 7.99. The Hall–Kier alpha value is -0.810. The van der Waals surface area contributed by atoms with Crippen LogP contribution in [-0.4, -0.2) is 37.0 Å². The largest absolute Gasteiger partial charge is 0.354 e. The first-order chi connectivity index (χ1) is 9.58. The molecular formula is C16H29Cl2N3O. The molecule has 0 saturated carbocycles. The molecule has 1 atom stereocenters. The topological polar surface area (TPSA) is 58.4 Å². The number of halogens is 2. The molecule has 1 aromatic rings. The summed E-state index contributed by atoms with van der Waals surface area (Å²) in [7, 11) is 0. The van der Waals surface area contributed by atoms with Crippen LogP contribution in [0.5, 0.6) is 0 Å². The zero-order valence-corrected chi connectivity index (χ0v) is 15.3. The summed E-state index contributed by atoms with van der Waals surface area (Å²) in [6, 6.07) is 7.19. The molecule has 0 aliphatic heterocycles. The lowest BCUT2D eigenvalue weighted by Gasteiger charge is -2.18. The number of nitrogens with two attached hydrogens (primary N) is 1. The first-order valence-electron chi connectivity index (χ1n) is 7.40. The molecule has 22 heavy (non-hydrogen) atoms. The lowest BCUT2D eigenvalue weighted by atomic mass is 10.1. The summed E-state index contributed by atoms with van der Waals surface area (Å²) in [5.41, 5.74) is 7.99. The number of carbonyl (C=O) groups is 1. The highest BCUT2D eigenvalue weighted by atomic mass is 35.5. The van der Waals surface area contributed by atoms with E-state index in [4.69, 9.17) is 5.73 Å². The van der Waals surface area contributed by atoms with Gasteiger partial charge in [0.15, 0.2) is 0 Å². The predicted octanol–water partition coefficient (Wildman–Crippen LogP) is 2.69. The number of nitrogens with zero attached hydrogens (tertiary/aromatic N) is 1. The van der Waals surface area contributed by atoms with Crippen molar-refractivity contribution in [1.29, 1.82) is 0 Å². The van der Waals surface area contributed by atoms with Crippen molar-refractivity contribution in [1.82, 2.24) is 10.2 Å². The Labute approximate surface area is 146 Å².